The summed E-state index contributed by atoms with van der Waals surface area (Å²) in [6.07, 6.45) is 7.30. The number of hydrogen-bond donors (Lipinski definition) is 2. The SMILES string of the molecule is CCNC(=NCC(CC)CC)NCCc1cnn(C)c1. The molecule has 2 N–H and O–H groups in total. The maximum absolute atomic E-state index is 4.67. The third-order valence-electron chi connectivity index (χ3n) is 3.47. The summed E-state index contributed by atoms with van der Waals surface area (Å²) in [6, 6.07) is 0. The Morgan fingerprint density at radius 3 is 2.60 bits per heavy atom. The molecule has 20 heavy (non-hydrogen) atoms. The third kappa shape index (κ3) is 6.08. The second kappa shape index (κ2) is 9.39. The summed E-state index contributed by atoms with van der Waals surface area (Å²) < 4.78 is 1.84. The van der Waals surface area contributed by atoms with E-state index in [0.29, 0.717) is 5.92 Å². The Labute approximate surface area is 122 Å². The second-order valence-corrected chi connectivity index (χ2v) is 5.10. The first kappa shape index (κ1) is 16.5. The Morgan fingerprint density at radius 2 is 2.05 bits per heavy atom. The van der Waals surface area contributed by atoms with Gasteiger partial charge in [-0.05, 0) is 24.8 Å². The zero-order chi connectivity index (χ0) is 14.8. The summed E-state index contributed by atoms with van der Waals surface area (Å²) in [6.45, 7) is 9.21. The number of aliphatic imine (C=N–C) groups is 1. The minimum Gasteiger partial charge on any atom is -0.357 e. The molecule has 1 aromatic heterocycles. The fourth-order valence-corrected chi connectivity index (χ4v) is 2.04. The smallest absolute Gasteiger partial charge is 0.191 e. The maximum Gasteiger partial charge on any atom is 0.191 e. The Balaban J connectivity index is 2.39. The van der Waals surface area contributed by atoms with Gasteiger partial charge in [0, 0.05) is 32.9 Å². The Hall–Kier alpha value is -1.52. The monoisotopic (exact) mass is 279 g/mol. The summed E-state index contributed by atoms with van der Waals surface area (Å²) in [5.74, 6) is 1.60. The Bertz CT molecular complexity index is 393. The minimum atomic E-state index is 0.684. The largest absolute Gasteiger partial charge is 0.357 e. The van der Waals surface area contributed by atoms with Crippen LogP contribution in [0.4, 0.5) is 0 Å². The summed E-state index contributed by atoms with van der Waals surface area (Å²) in [4.78, 5) is 4.67. The van der Waals surface area contributed by atoms with Crippen LogP contribution in [0.1, 0.15) is 39.2 Å². The number of guanidine groups is 1. The standard InChI is InChI=1S/C15H29N5/c1-5-13(6-2)10-18-15(16-7-3)17-9-8-14-11-19-20(4)12-14/h11-13H,5-10H2,1-4H3,(H2,16,17,18). The molecule has 1 rings (SSSR count). The van der Waals surface area contributed by atoms with Crippen molar-refractivity contribution in [3.05, 3.63) is 18.0 Å². The minimum absolute atomic E-state index is 0.684. The van der Waals surface area contributed by atoms with Gasteiger partial charge in [-0.25, -0.2) is 0 Å². The van der Waals surface area contributed by atoms with E-state index < -0.39 is 0 Å². The van der Waals surface area contributed by atoms with Crippen molar-refractivity contribution in [2.45, 2.75) is 40.0 Å². The average molecular weight is 279 g/mol. The van der Waals surface area contributed by atoms with E-state index in [4.69, 9.17) is 0 Å². The molecule has 5 heteroatoms. The van der Waals surface area contributed by atoms with Gasteiger partial charge in [-0.3, -0.25) is 9.67 Å². The van der Waals surface area contributed by atoms with Crippen LogP contribution in [0.2, 0.25) is 0 Å². The van der Waals surface area contributed by atoms with Crippen molar-refractivity contribution >= 4 is 5.96 Å². The van der Waals surface area contributed by atoms with E-state index in [9.17, 15) is 0 Å². The quantitative estimate of drug-likeness (QED) is 0.565. The zero-order valence-electron chi connectivity index (χ0n) is 13.3. The molecule has 0 aliphatic carbocycles. The van der Waals surface area contributed by atoms with Gasteiger partial charge in [0.2, 0.25) is 0 Å². The number of hydrogen-bond acceptors (Lipinski definition) is 2. The van der Waals surface area contributed by atoms with Crippen molar-refractivity contribution in [1.29, 1.82) is 0 Å². The molecule has 0 bridgehead atoms. The molecule has 0 saturated carbocycles. The van der Waals surface area contributed by atoms with E-state index in [1.54, 1.807) is 0 Å². The summed E-state index contributed by atoms with van der Waals surface area (Å²) in [7, 11) is 1.94. The first-order valence-electron chi connectivity index (χ1n) is 7.69. The molecule has 1 heterocycles. The van der Waals surface area contributed by atoms with Gasteiger partial charge in [-0.1, -0.05) is 26.7 Å². The molecule has 1 aromatic rings. The van der Waals surface area contributed by atoms with E-state index in [1.807, 2.05) is 17.9 Å². The lowest BCUT2D eigenvalue weighted by atomic mass is 10.0. The first-order valence-corrected chi connectivity index (χ1v) is 7.69. The van der Waals surface area contributed by atoms with Crippen molar-refractivity contribution in [2.75, 3.05) is 19.6 Å². The molecule has 0 aliphatic rings. The van der Waals surface area contributed by atoms with Gasteiger partial charge in [0.1, 0.15) is 0 Å². The summed E-state index contributed by atoms with van der Waals surface area (Å²) in [5, 5.41) is 10.9. The topological polar surface area (TPSA) is 54.2 Å². The summed E-state index contributed by atoms with van der Waals surface area (Å²) in [5.41, 5.74) is 1.25. The van der Waals surface area contributed by atoms with Gasteiger partial charge >= 0.3 is 0 Å². The molecule has 0 atom stereocenters. The van der Waals surface area contributed by atoms with E-state index in [1.165, 1.54) is 18.4 Å². The molecule has 0 aliphatic heterocycles. The highest BCUT2D eigenvalue weighted by Gasteiger charge is 2.03. The van der Waals surface area contributed by atoms with Crippen LogP contribution in [0.3, 0.4) is 0 Å². The van der Waals surface area contributed by atoms with Crippen molar-refractivity contribution in [3.63, 3.8) is 0 Å². The Morgan fingerprint density at radius 1 is 1.30 bits per heavy atom. The number of aromatic nitrogens is 2. The van der Waals surface area contributed by atoms with Crippen LogP contribution in [-0.4, -0.2) is 35.4 Å². The van der Waals surface area contributed by atoms with Gasteiger partial charge < -0.3 is 10.6 Å². The molecule has 0 saturated heterocycles. The van der Waals surface area contributed by atoms with Crippen molar-refractivity contribution < 1.29 is 0 Å². The van der Waals surface area contributed by atoms with Crippen LogP contribution in [-0.2, 0) is 13.5 Å². The molecular weight excluding hydrogens is 250 g/mol. The van der Waals surface area contributed by atoms with Gasteiger partial charge in [-0.15, -0.1) is 0 Å². The van der Waals surface area contributed by atoms with Gasteiger partial charge in [0.15, 0.2) is 5.96 Å². The van der Waals surface area contributed by atoms with Crippen LogP contribution >= 0.6 is 0 Å². The van der Waals surface area contributed by atoms with Crippen molar-refractivity contribution in [2.24, 2.45) is 18.0 Å². The normalized spacial score (nSPS) is 11.9. The molecule has 0 spiro atoms. The molecule has 0 fully saturated rings. The first-order chi connectivity index (χ1) is 9.69. The van der Waals surface area contributed by atoms with Crippen molar-refractivity contribution in [3.8, 4) is 0 Å². The van der Waals surface area contributed by atoms with Crippen LogP contribution < -0.4 is 10.6 Å². The molecule has 0 amide bonds. The Kier molecular flexibility index (Phi) is 7.77. The number of nitrogens with one attached hydrogen (secondary N) is 2. The van der Waals surface area contributed by atoms with Crippen LogP contribution in [0.5, 0.6) is 0 Å². The highest BCUT2D eigenvalue weighted by molar-refractivity contribution is 5.79. The van der Waals surface area contributed by atoms with Gasteiger partial charge in [0.05, 0.1) is 6.20 Å². The number of nitrogens with zero attached hydrogens (tertiary/aromatic N) is 3. The van der Waals surface area contributed by atoms with Crippen molar-refractivity contribution in [1.82, 2.24) is 20.4 Å². The lowest BCUT2D eigenvalue weighted by Crippen LogP contribution is -2.38. The lowest BCUT2D eigenvalue weighted by Gasteiger charge is -2.13. The van der Waals surface area contributed by atoms with E-state index >= 15 is 0 Å². The maximum atomic E-state index is 4.67. The molecule has 0 aromatic carbocycles. The fourth-order valence-electron chi connectivity index (χ4n) is 2.04. The second-order valence-electron chi connectivity index (χ2n) is 5.10. The number of rotatable bonds is 8. The molecular formula is C15H29N5. The molecule has 5 nitrogen and oxygen atoms in total. The molecule has 114 valence electrons. The van der Waals surface area contributed by atoms with E-state index in [-0.39, 0.29) is 0 Å². The third-order valence-corrected chi connectivity index (χ3v) is 3.47. The highest BCUT2D eigenvalue weighted by Crippen LogP contribution is 2.07. The van der Waals surface area contributed by atoms with E-state index in [2.05, 4.69) is 47.7 Å². The van der Waals surface area contributed by atoms with Gasteiger partial charge in [0.25, 0.3) is 0 Å². The molecule has 0 radical (unpaired) electrons. The highest BCUT2D eigenvalue weighted by atomic mass is 15.2. The van der Waals surface area contributed by atoms with Crippen LogP contribution in [0.25, 0.3) is 0 Å². The van der Waals surface area contributed by atoms with E-state index in [0.717, 1.165) is 32.0 Å². The predicted octanol–water partition coefficient (Wildman–Crippen LogP) is 1.95. The van der Waals surface area contributed by atoms with Crippen LogP contribution in [0.15, 0.2) is 17.4 Å². The lowest BCUT2D eigenvalue weighted by molar-refractivity contribution is 0.504. The van der Waals surface area contributed by atoms with Crippen LogP contribution in [0, 0.1) is 5.92 Å². The number of aryl methyl sites for hydroxylation is 1. The fraction of sp³-hybridized carbons (Fsp3) is 0.733. The molecule has 0 unspecified atom stereocenters. The summed E-state index contributed by atoms with van der Waals surface area (Å²) >= 11 is 0. The zero-order valence-corrected chi connectivity index (χ0v) is 13.3. The average Bonchev–Trinajstić information content (AvgIpc) is 2.85. The predicted molar refractivity (Wildman–Crippen MR) is 85.0 cm³/mol. The van der Waals surface area contributed by atoms with Gasteiger partial charge in [-0.2, -0.15) is 5.10 Å².